The normalized spacial score (nSPS) is 17.6. The zero-order valence-corrected chi connectivity index (χ0v) is 19.3. The van der Waals surface area contributed by atoms with Crippen LogP contribution < -0.4 is 4.74 Å². The van der Waals surface area contributed by atoms with Gasteiger partial charge in [0.1, 0.15) is 17.3 Å². The van der Waals surface area contributed by atoms with Crippen molar-refractivity contribution >= 4 is 17.4 Å². The summed E-state index contributed by atoms with van der Waals surface area (Å²) in [7, 11) is 1.56. The maximum absolute atomic E-state index is 13.5. The highest BCUT2D eigenvalue weighted by Crippen LogP contribution is 2.40. The van der Waals surface area contributed by atoms with Gasteiger partial charge in [-0.3, -0.25) is 9.59 Å². The van der Waals surface area contributed by atoms with Gasteiger partial charge in [-0.15, -0.1) is 0 Å². The molecular weight excluding hydrogens is 425 g/mol. The van der Waals surface area contributed by atoms with Gasteiger partial charge < -0.3 is 19.5 Å². The van der Waals surface area contributed by atoms with Crippen LogP contribution in [0.15, 0.2) is 48.0 Å². The van der Waals surface area contributed by atoms with Gasteiger partial charge in [-0.25, -0.2) is 4.39 Å². The Balaban J connectivity index is 2.03. The predicted molar refractivity (Wildman–Crippen MR) is 123 cm³/mol. The number of benzene rings is 2. The molecular formula is C26H30FNO5. The smallest absolute Gasteiger partial charge is 0.295 e. The Morgan fingerprint density at radius 1 is 1.09 bits per heavy atom. The summed E-state index contributed by atoms with van der Waals surface area (Å²) in [6.45, 7) is 5.22. The summed E-state index contributed by atoms with van der Waals surface area (Å²) in [6.07, 6.45) is 2.47. The Morgan fingerprint density at radius 3 is 2.45 bits per heavy atom. The van der Waals surface area contributed by atoms with Crippen LogP contribution in [0.3, 0.4) is 0 Å². The number of ketones is 1. The van der Waals surface area contributed by atoms with E-state index in [0.717, 1.165) is 18.4 Å². The van der Waals surface area contributed by atoms with Crippen LogP contribution in [0.2, 0.25) is 0 Å². The van der Waals surface area contributed by atoms with Crippen molar-refractivity contribution in [1.82, 2.24) is 4.90 Å². The highest BCUT2D eigenvalue weighted by Gasteiger charge is 2.45. The van der Waals surface area contributed by atoms with Crippen molar-refractivity contribution in [1.29, 1.82) is 0 Å². The lowest BCUT2D eigenvalue weighted by atomic mass is 9.94. The number of aryl methyl sites for hydroxylation is 1. The minimum absolute atomic E-state index is 0.0110. The van der Waals surface area contributed by atoms with E-state index in [9.17, 15) is 19.1 Å². The number of rotatable bonds is 10. The monoisotopic (exact) mass is 455 g/mol. The molecule has 33 heavy (non-hydrogen) atoms. The summed E-state index contributed by atoms with van der Waals surface area (Å²) >= 11 is 0. The SMILES string of the molecule is CCCCOc1ccc(/C(O)=C2\C(=O)C(=O)N(CCCOC)[C@H]2c2ccc(F)cc2)cc1C. The fourth-order valence-corrected chi connectivity index (χ4v) is 3.92. The molecule has 7 heteroatoms. The molecule has 0 aromatic heterocycles. The van der Waals surface area contributed by atoms with Crippen molar-refractivity contribution in [3.8, 4) is 5.75 Å². The number of Topliss-reactive ketones (excluding diaryl/α,β-unsaturated/α-hetero) is 1. The molecule has 2 aromatic rings. The molecule has 0 radical (unpaired) electrons. The van der Waals surface area contributed by atoms with E-state index in [4.69, 9.17) is 9.47 Å². The topological polar surface area (TPSA) is 76.1 Å². The van der Waals surface area contributed by atoms with E-state index < -0.39 is 23.5 Å². The van der Waals surface area contributed by atoms with E-state index in [1.165, 1.54) is 29.2 Å². The molecule has 1 N–H and O–H groups in total. The van der Waals surface area contributed by atoms with Crippen LogP contribution in [0.4, 0.5) is 4.39 Å². The van der Waals surface area contributed by atoms with E-state index in [2.05, 4.69) is 6.92 Å². The van der Waals surface area contributed by atoms with Crippen LogP contribution >= 0.6 is 0 Å². The number of unbranched alkanes of at least 4 members (excludes halogenated alkanes) is 1. The fourth-order valence-electron chi connectivity index (χ4n) is 3.92. The van der Waals surface area contributed by atoms with Gasteiger partial charge in [-0.2, -0.15) is 0 Å². The number of carbonyl (C=O) groups excluding carboxylic acids is 2. The van der Waals surface area contributed by atoms with Crippen LogP contribution in [0.25, 0.3) is 5.76 Å². The van der Waals surface area contributed by atoms with Gasteiger partial charge in [0.05, 0.1) is 18.2 Å². The zero-order chi connectivity index (χ0) is 24.0. The molecule has 1 heterocycles. The Hall–Kier alpha value is -3.19. The van der Waals surface area contributed by atoms with E-state index in [0.29, 0.717) is 36.5 Å². The molecule has 6 nitrogen and oxygen atoms in total. The molecule has 1 aliphatic rings. The lowest BCUT2D eigenvalue weighted by molar-refractivity contribution is -0.140. The average molecular weight is 456 g/mol. The van der Waals surface area contributed by atoms with Crippen LogP contribution in [-0.4, -0.2) is 48.6 Å². The van der Waals surface area contributed by atoms with Gasteiger partial charge in [0.2, 0.25) is 0 Å². The molecule has 176 valence electrons. The number of likely N-dealkylation sites (tertiary alicyclic amines) is 1. The van der Waals surface area contributed by atoms with Gasteiger partial charge in [0.15, 0.2) is 0 Å². The van der Waals surface area contributed by atoms with E-state index in [1.54, 1.807) is 25.3 Å². The number of halogens is 1. The number of aliphatic hydroxyl groups excluding tert-OH is 1. The third kappa shape index (κ3) is 5.42. The fraction of sp³-hybridized carbons (Fsp3) is 0.385. The number of methoxy groups -OCH3 is 1. The molecule has 3 rings (SSSR count). The highest BCUT2D eigenvalue weighted by molar-refractivity contribution is 6.46. The number of aliphatic hydroxyl groups is 1. The number of nitrogens with zero attached hydrogens (tertiary/aromatic N) is 1. The van der Waals surface area contributed by atoms with Gasteiger partial charge >= 0.3 is 0 Å². The Morgan fingerprint density at radius 2 is 1.82 bits per heavy atom. The largest absolute Gasteiger partial charge is 0.507 e. The second-order valence-corrected chi connectivity index (χ2v) is 8.07. The first-order valence-corrected chi connectivity index (χ1v) is 11.2. The number of carbonyl (C=O) groups is 2. The lowest BCUT2D eigenvalue weighted by Crippen LogP contribution is -2.31. The molecule has 0 spiro atoms. The third-order valence-electron chi connectivity index (χ3n) is 5.68. The molecule has 0 saturated carbocycles. The predicted octanol–water partition coefficient (Wildman–Crippen LogP) is 4.77. The Kier molecular flexibility index (Phi) is 8.22. The number of hydrogen-bond donors (Lipinski definition) is 1. The van der Waals surface area contributed by atoms with Crippen molar-refractivity contribution < 1.29 is 28.6 Å². The van der Waals surface area contributed by atoms with Gasteiger partial charge in [0, 0.05) is 25.8 Å². The summed E-state index contributed by atoms with van der Waals surface area (Å²) in [6, 6.07) is 9.94. The summed E-state index contributed by atoms with van der Waals surface area (Å²) < 4.78 is 24.4. The first-order chi connectivity index (χ1) is 15.9. The van der Waals surface area contributed by atoms with Crippen LogP contribution in [0, 0.1) is 12.7 Å². The molecule has 0 aliphatic carbocycles. The van der Waals surface area contributed by atoms with Crippen LogP contribution in [-0.2, 0) is 14.3 Å². The molecule has 1 fully saturated rings. The van der Waals surface area contributed by atoms with Gasteiger partial charge in [-0.05, 0) is 61.2 Å². The molecule has 0 bridgehead atoms. The molecule has 1 aliphatic heterocycles. The minimum atomic E-state index is -0.816. The molecule has 2 aromatic carbocycles. The van der Waals surface area contributed by atoms with Gasteiger partial charge in [-0.1, -0.05) is 25.5 Å². The first kappa shape index (κ1) is 24.5. The third-order valence-corrected chi connectivity index (χ3v) is 5.68. The van der Waals surface area contributed by atoms with Crippen molar-refractivity contribution in [2.24, 2.45) is 0 Å². The van der Waals surface area contributed by atoms with E-state index in [-0.39, 0.29) is 17.9 Å². The second-order valence-electron chi connectivity index (χ2n) is 8.07. The van der Waals surface area contributed by atoms with Gasteiger partial charge in [0.25, 0.3) is 11.7 Å². The van der Waals surface area contributed by atoms with E-state index in [1.807, 2.05) is 6.92 Å². The maximum Gasteiger partial charge on any atom is 0.295 e. The Bertz CT molecular complexity index is 1030. The summed E-state index contributed by atoms with van der Waals surface area (Å²) in [5.74, 6) is -1.45. The number of amides is 1. The van der Waals surface area contributed by atoms with Crippen molar-refractivity contribution in [3.05, 3.63) is 70.5 Å². The standard InChI is InChI=1S/C26H30FNO5/c1-4-5-15-33-21-12-9-19(16-17(21)2)24(29)22-23(18-7-10-20(27)11-8-18)28(13-6-14-32-3)26(31)25(22)30/h7-12,16,23,29H,4-6,13-15H2,1-3H3/b24-22+/t23-/m0/s1. The van der Waals surface area contributed by atoms with Crippen molar-refractivity contribution in [2.45, 2.75) is 39.2 Å². The number of ether oxygens (including phenoxy) is 2. The molecule has 0 unspecified atom stereocenters. The quantitative estimate of drug-likeness (QED) is 0.242. The molecule has 1 saturated heterocycles. The van der Waals surface area contributed by atoms with E-state index >= 15 is 0 Å². The van der Waals surface area contributed by atoms with Crippen LogP contribution in [0.5, 0.6) is 5.75 Å². The van der Waals surface area contributed by atoms with Crippen LogP contribution in [0.1, 0.15) is 48.9 Å². The molecule has 1 amide bonds. The Labute approximate surface area is 193 Å². The zero-order valence-electron chi connectivity index (χ0n) is 19.3. The average Bonchev–Trinajstić information content (AvgIpc) is 3.05. The second kappa shape index (κ2) is 11.1. The lowest BCUT2D eigenvalue weighted by Gasteiger charge is -2.25. The number of hydrogen-bond acceptors (Lipinski definition) is 5. The summed E-state index contributed by atoms with van der Waals surface area (Å²) in [5, 5.41) is 11.2. The minimum Gasteiger partial charge on any atom is -0.507 e. The maximum atomic E-state index is 13.5. The van der Waals surface area contributed by atoms with Crippen molar-refractivity contribution in [2.75, 3.05) is 26.9 Å². The summed E-state index contributed by atoms with van der Waals surface area (Å²) in [5.41, 5.74) is 1.76. The molecule has 1 atom stereocenters. The van der Waals surface area contributed by atoms with Crippen molar-refractivity contribution in [3.63, 3.8) is 0 Å². The highest BCUT2D eigenvalue weighted by atomic mass is 19.1. The first-order valence-electron chi connectivity index (χ1n) is 11.2. The summed E-state index contributed by atoms with van der Waals surface area (Å²) in [4.78, 5) is 27.3.